The normalized spacial score (nSPS) is 12.6. The second-order valence-corrected chi connectivity index (χ2v) is 14.1. The third kappa shape index (κ3) is 7.79. The van der Waals surface area contributed by atoms with E-state index < -0.39 is 27.6 Å². The molecule has 224 valence electrons. The number of rotatable bonds is 11. The van der Waals surface area contributed by atoms with Crippen LogP contribution in [0.3, 0.4) is 0 Å². The maximum atomic E-state index is 13.0. The monoisotopic (exact) mass is 633 g/mol. The molecule has 0 radical (unpaired) electrons. The summed E-state index contributed by atoms with van der Waals surface area (Å²) in [7, 11) is -2.44. The Labute approximate surface area is 253 Å². The number of nitrogens with zero attached hydrogens (tertiary/aromatic N) is 2. The summed E-state index contributed by atoms with van der Waals surface area (Å²) < 4.78 is 41.5. The van der Waals surface area contributed by atoms with Crippen molar-refractivity contribution in [3.8, 4) is 5.75 Å². The number of nitrogens with two attached hydrogens (primary N) is 1. The smallest absolute Gasteiger partial charge is 0.323 e. The van der Waals surface area contributed by atoms with Crippen LogP contribution in [0.1, 0.15) is 38.3 Å². The molecule has 4 rings (SSSR count). The number of thiophene rings is 1. The lowest BCUT2D eigenvalue weighted by Crippen LogP contribution is -2.41. The Morgan fingerprint density at radius 1 is 1.12 bits per heavy atom. The van der Waals surface area contributed by atoms with Crippen molar-refractivity contribution in [2.24, 2.45) is 5.73 Å². The number of hydrogen-bond donors (Lipinski definition) is 3. The standard InChI is InChI=1S/C28H32ClN5O6S2/c1-28(2,3)40-27(36)19(30)14-23(35)31-15-17-7-5-8-18(13-17)16-34-20-9-6-10-21(39-4)25(20)26(32-34)33-42(37,38)24-12-11-22(29)41-24/h5-13,19H,14-16,30H2,1-4H3,(H,31,35)(H,32,33). The molecule has 0 aliphatic carbocycles. The Balaban J connectivity index is 1.50. The van der Waals surface area contributed by atoms with Crippen molar-refractivity contribution in [1.82, 2.24) is 15.1 Å². The molecule has 42 heavy (non-hydrogen) atoms. The van der Waals surface area contributed by atoms with Gasteiger partial charge in [0.2, 0.25) is 5.91 Å². The predicted octanol–water partition coefficient (Wildman–Crippen LogP) is 4.28. The van der Waals surface area contributed by atoms with E-state index >= 15 is 0 Å². The molecular formula is C28H32ClN5O6S2. The van der Waals surface area contributed by atoms with Gasteiger partial charge in [-0.1, -0.05) is 41.9 Å². The van der Waals surface area contributed by atoms with Gasteiger partial charge in [-0.05, 0) is 56.2 Å². The Morgan fingerprint density at radius 3 is 2.50 bits per heavy atom. The molecule has 0 aliphatic heterocycles. The third-order valence-corrected chi connectivity index (χ3v) is 8.99. The highest BCUT2D eigenvalue weighted by molar-refractivity contribution is 7.94. The van der Waals surface area contributed by atoms with Crippen molar-refractivity contribution < 1.29 is 27.5 Å². The first-order valence-electron chi connectivity index (χ1n) is 12.9. The number of esters is 1. The van der Waals surface area contributed by atoms with E-state index in [1.165, 1.54) is 19.2 Å². The molecule has 0 saturated heterocycles. The minimum atomic E-state index is -3.94. The zero-order valence-corrected chi connectivity index (χ0v) is 25.9. The zero-order valence-electron chi connectivity index (χ0n) is 23.5. The lowest BCUT2D eigenvalue weighted by atomic mass is 10.1. The minimum Gasteiger partial charge on any atom is -0.496 e. The van der Waals surface area contributed by atoms with Gasteiger partial charge < -0.3 is 20.5 Å². The van der Waals surface area contributed by atoms with Crippen molar-refractivity contribution in [2.45, 2.75) is 56.1 Å². The second-order valence-electron chi connectivity index (χ2n) is 10.5. The Kier molecular flexibility index (Phi) is 9.46. The van der Waals surface area contributed by atoms with E-state index in [1.807, 2.05) is 30.3 Å². The number of ether oxygens (including phenoxy) is 2. The molecule has 0 aliphatic rings. The summed E-state index contributed by atoms with van der Waals surface area (Å²) in [5, 5.41) is 7.87. The summed E-state index contributed by atoms with van der Waals surface area (Å²) in [6, 6.07) is 14.7. The molecule has 1 unspecified atom stereocenters. The Bertz CT molecular complexity index is 1710. The molecular weight excluding hydrogens is 602 g/mol. The predicted molar refractivity (Wildman–Crippen MR) is 162 cm³/mol. The fourth-order valence-corrected chi connectivity index (χ4v) is 6.62. The molecule has 4 aromatic rings. The minimum absolute atomic E-state index is 0.0619. The van der Waals surface area contributed by atoms with Crippen LogP contribution in [0, 0.1) is 0 Å². The average molecular weight is 634 g/mol. The van der Waals surface area contributed by atoms with E-state index in [2.05, 4.69) is 15.1 Å². The van der Waals surface area contributed by atoms with E-state index in [9.17, 15) is 18.0 Å². The number of anilines is 1. The number of carbonyl (C=O) groups excluding carboxylic acids is 2. The maximum Gasteiger partial charge on any atom is 0.323 e. The third-order valence-electron chi connectivity index (χ3n) is 5.93. The van der Waals surface area contributed by atoms with E-state index in [0.29, 0.717) is 27.5 Å². The van der Waals surface area contributed by atoms with Crippen LogP contribution in [0.25, 0.3) is 10.9 Å². The molecule has 0 saturated carbocycles. The number of halogens is 1. The molecule has 2 aromatic heterocycles. The van der Waals surface area contributed by atoms with Gasteiger partial charge in [-0.3, -0.25) is 19.0 Å². The van der Waals surface area contributed by atoms with Gasteiger partial charge in [0.05, 0.1) is 35.3 Å². The van der Waals surface area contributed by atoms with Crippen LogP contribution in [0.5, 0.6) is 5.75 Å². The van der Waals surface area contributed by atoms with Gasteiger partial charge >= 0.3 is 5.97 Å². The number of benzene rings is 2. The van der Waals surface area contributed by atoms with Crippen LogP contribution in [0.15, 0.2) is 58.8 Å². The Hall–Kier alpha value is -3.65. The van der Waals surface area contributed by atoms with Crippen molar-refractivity contribution in [2.75, 3.05) is 11.8 Å². The van der Waals surface area contributed by atoms with Gasteiger partial charge in [-0.15, -0.1) is 11.3 Å². The van der Waals surface area contributed by atoms with Gasteiger partial charge in [0.25, 0.3) is 10.0 Å². The molecule has 0 fully saturated rings. The van der Waals surface area contributed by atoms with E-state index in [0.717, 1.165) is 22.5 Å². The molecule has 0 spiro atoms. The lowest BCUT2D eigenvalue weighted by Gasteiger charge is -2.22. The van der Waals surface area contributed by atoms with Crippen LogP contribution in [-0.2, 0) is 37.4 Å². The quantitative estimate of drug-likeness (QED) is 0.207. The summed E-state index contributed by atoms with van der Waals surface area (Å²) in [6.45, 7) is 5.72. The fourth-order valence-electron chi connectivity index (χ4n) is 4.12. The van der Waals surface area contributed by atoms with Gasteiger partial charge in [0.1, 0.15) is 21.6 Å². The number of nitrogens with one attached hydrogen (secondary N) is 2. The Morgan fingerprint density at radius 2 is 1.83 bits per heavy atom. The number of sulfonamides is 1. The molecule has 14 heteroatoms. The topological polar surface area (TPSA) is 155 Å². The summed E-state index contributed by atoms with van der Waals surface area (Å²) >= 11 is 6.90. The van der Waals surface area contributed by atoms with Gasteiger partial charge in [0.15, 0.2) is 5.82 Å². The SMILES string of the molecule is COc1cccc2c1c(NS(=O)(=O)c1ccc(Cl)s1)nn2Cc1cccc(CNC(=O)CC(N)C(=O)OC(C)(C)C)c1. The zero-order chi connectivity index (χ0) is 30.7. The number of aromatic nitrogens is 2. The van der Waals surface area contributed by atoms with Crippen molar-refractivity contribution in [1.29, 1.82) is 0 Å². The van der Waals surface area contributed by atoms with Gasteiger partial charge in [-0.25, -0.2) is 8.42 Å². The number of amides is 1. The summed E-state index contributed by atoms with van der Waals surface area (Å²) in [4.78, 5) is 24.5. The van der Waals surface area contributed by atoms with E-state index in [1.54, 1.807) is 37.6 Å². The highest BCUT2D eigenvalue weighted by Gasteiger charge is 2.25. The average Bonchev–Trinajstić information content (AvgIpc) is 3.50. The molecule has 2 aromatic carbocycles. The van der Waals surface area contributed by atoms with Crippen LogP contribution in [0.4, 0.5) is 5.82 Å². The van der Waals surface area contributed by atoms with Crippen LogP contribution < -0.4 is 20.5 Å². The summed E-state index contributed by atoms with van der Waals surface area (Å²) in [6.07, 6.45) is -0.202. The van der Waals surface area contributed by atoms with E-state index in [-0.39, 0.29) is 28.9 Å². The number of carbonyl (C=O) groups is 2. The van der Waals surface area contributed by atoms with Crippen molar-refractivity contribution in [3.05, 3.63) is 70.1 Å². The first-order valence-corrected chi connectivity index (χ1v) is 15.6. The van der Waals surface area contributed by atoms with Crippen LogP contribution >= 0.6 is 22.9 Å². The molecule has 11 nitrogen and oxygen atoms in total. The highest BCUT2D eigenvalue weighted by atomic mass is 35.5. The van der Waals surface area contributed by atoms with Gasteiger partial charge in [0, 0.05) is 6.54 Å². The molecule has 1 amide bonds. The molecule has 1 atom stereocenters. The van der Waals surface area contributed by atoms with Crippen molar-refractivity contribution >= 4 is 61.6 Å². The van der Waals surface area contributed by atoms with Crippen molar-refractivity contribution in [3.63, 3.8) is 0 Å². The van der Waals surface area contributed by atoms with Crippen LogP contribution in [0.2, 0.25) is 4.34 Å². The molecule has 2 heterocycles. The maximum absolute atomic E-state index is 13.0. The fraction of sp³-hybridized carbons (Fsp3) is 0.321. The molecule has 0 bridgehead atoms. The highest BCUT2D eigenvalue weighted by Crippen LogP contribution is 2.35. The lowest BCUT2D eigenvalue weighted by molar-refractivity contribution is -0.157. The first-order chi connectivity index (χ1) is 19.8. The largest absolute Gasteiger partial charge is 0.496 e. The molecule has 4 N–H and O–H groups in total. The number of fused-ring (bicyclic) bond motifs is 1. The van der Waals surface area contributed by atoms with E-state index in [4.69, 9.17) is 26.8 Å². The first kappa shape index (κ1) is 31.3. The number of methoxy groups -OCH3 is 1. The number of hydrogen-bond acceptors (Lipinski definition) is 9. The van der Waals surface area contributed by atoms with Crippen LogP contribution in [-0.4, -0.2) is 48.8 Å². The summed E-state index contributed by atoms with van der Waals surface area (Å²) in [5.41, 5.74) is 7.48. The second kappa shape index (κ2) is 12.7. The summed E-state index contributed by atoms with van der Waals surface area (Å²) in [5.74, 6) is -0.435. The van der Waals surface area contributed by atoms with Gasteiger partial charge in [-0.2, -0.15) is 5.10 Å².